The lowest BCUT2D eigenvalue weighted by Crippen LogP contribution is -2.61. The molecule has 8 heteroatoms. The van der Waals surface area contributed by atoms with E-state index in [1.54, 1.807) is 12.7 Å². The summed E-state index contributed by atoms with van der Waals surface area (Å²) in [5.41, 5.74) is 1.63. The Kier molecular flexibility index (Phi) is 4.03. The van der Waals surface area contributed by atoms with E-state index in [0.717, 1.165) is 62.8 Å². The first-order chi connectivity index (χ1) is 13.1. The number of piperazine rings is 1. The van der Waals surface area contributed by atoms with Gasteiger partial charge >= 0.3 is 0 Å². The van der Waals surface area contributed by atoms with Gasteiger partial charge in [0.2, 0.25) is 5.91 Å². The van der Waals surface area contributed by atoms with Crippen molar-refractivity contribution in [1.82, 2.24) is 29.7 Å². The molecule has 8 nitrogen and oxygen atoms in total. The first-order valence-corrected chi connectivity index (χ1v) is 10.0. The summed E-state index contributed by atoms with van der Waals surface area (Å²) in [5.74, 6) is 2.01. The Morgan fingerprint density at radius 2 is 2.07 bits per heavy atom. The topological polar surface area (TPSA) is 81.2 Å². The number of nitrogens with one attached hydrogen (secondary N) is 1. The van der Waals surface area contributed by atoms with Crippen LogP contribution in [0.1, 0.15) is 32.1 Å². The zero-order chi connectivity index (χ0) is 18.4. The molecule has 0 bridgehead atoms. The molecule has 3 fully saturated rings. The van der Waals surface area contributed by atoms with Crippen molar-refractivity contribution >= 4 is 22.9 Å². The maximum Gasteiger partial charge on any atom is 0.222 e. The van der Waals surface area contributed by atoms with Crippen LogP contribution in [0.4, 0.5) is 5.82 Å². The lowest BCUT2D eigenvalue weighted by molar-refractivity contribution is -0.130. The number of amides is 1. The minimum atomic E-state index is 0.0174. The molecule has 144 valence electrons. The van der Waals surface area contributed by atoms with Crippen LogP contribution in [0, 0.1) is 5.92 Å². The zero-order valence-electron chi connectivity index (χ0n) is 15.9. The van der Waals surface area contributed by atoms with Crippen LogP contribution in [0.5, 0.6) is 0 Å². The molecule has 1 atom stereocenters. The normalized spacial score (nSPS) is 27.5. The van der Waals surface area contributed by atoms with E-state index in [0.29, 0.717) is 18.0 Å². The van der Waals surface area contributed by atoms with E-state index in [-0.39, 0.29) is 5.54 Å². The Morgan fingerprint density at radius 1 is 1.19 bits per heavy atom. The van der Waals surface area contributed by atoms with Crippen molar-refractivity contribution < 1.29 is 4.79 Å². The van der Waals surface area contributed by atoms with Gasteiger partial charge in [0.05, 0.1) is 6.33 Å². The number of rotatable bonds is 3. The summed E-state index contributed by atoms with van der Waals surface area (Å²) < 4.78 is 0. The number of likely N-dealkylation sites (tertiary alicyclic amines) is 1. The average molecular weight is 369 g/mol. The van der Waals surface area contributed by atoms with Gasteiger partial charge in [-0.15, -0.1) is 0 Å². The third kappa shape index (κ3) is 3.05. The molecule has 1 amide bonds. The first kappa shape index (κ1) is 16.9. The van der Waals surface area contributed by atoms with Gasteiger partial charge in [0.15, 0.2) is 11.5 Å². The number of carbonyl (C=O) groups excluding carboxylic acids is 1. The minimum absolute atomic E-state index is 0.0174. The van der Waals surface area contributed by atoms with Gasteiger partial charge in [-0.05, 0) is 38.6 Å². The van der Waals surface area contributed by atoms with Gasteiger partial charge in [0, 0.05) is 44.7 Å². The predicted octanol–water partition coefficient (Wildman–Crippen LogP) is 1.27. The Balaban J connectivity index is 1.39. The molecule has 1 saturated carbocycles. The second kappa shape index (κ2) is 6.44. The number of hydrogen-bond donors (Lipinski definition) is 1. The summed E-state index contributed by atoms with van der Waals surface area (Å²) in [5, 5.41) is 0. The first-order valence-electron chi connectivity index (χ1n) is 10.0. The minimum Gasteiger partial charge on any atom is -0.352 e. The number of aromatic nitrogens is 4. The average Bonchev–Trinajstić information content (AvgIpc) is 3.40. The van der Waals surface area contributed by atoms with Gasteiger partial charge in [0.25, 0.3) is 0 Å². The summed E-state index contributed by atoms with van der Waals surface area (Å²) in [4.78, 5) is 35.9. The quantitative estimate of drug-likeness (QED) is 0.877. The fraction of sp³-hybridized carbons (Fsp3) is 0.684. The fourth-order valence-corrected chi connectivity index (χ4v) is 4.67. The Morgan fingerprint density at radius 3 is 2.93 bits per heavy atom. The molecule has 2 aromatic rings. The Hall–Kier alpha value is -2.22. The van der Waals surface area contributed by atoms with Gasteiger partial charge in [-0.3, -0.25) is 9.69 Å². The monoisotopic (exact) mass is 369 g/mol. The van der Waals surface area contributed by atoms with Crippen molar-refractivity contribution in [2.24, 2.45) is 5.92 Å². The molecule has 2 saturated heterocycles. The van der Waals surface area contributed by atoms with Gasteiger partial charge in [-0.1, -0.05) is 0 Å². The number of aromatic amines is 1. The summed E-state index contributed by atoms with van der Waals surface area (Å²) >= 11 is 0. The van der Waals surface area contributed by atoms with Crippen LogP contribution in [0.3, 0.4) is 0 Å². The SMILES string of the molecule is CN1CCN(c2ncnc3nc[nH]c23)C[C@@]12CCC(=O)N(CC1CC1)CC2. The molecular formula is C19H27N7O. The fourth-order valence-electron chi connectivity index (χ4n) is 4.67. The van der Waals surface area contributed by atoms with Crippen molar-refractivity contribution in [3.05, 3.63) is 12.7 Å². The zero-order valence-corrected chi connectivity index (χ0v) is 15.9. The molecule has 1 spiro atoms. The molecule has 27 heavy (non-hydrogen) atoms. The van der Waals surface area contributed by atoms with Crippen LogP contribution in [0.15, 0.2) is 12.7 Å². The smallest absolute Gasteiger partial charge is 0.222 e. The maximum atomic E-state index is 12.7. The van der Waals surface area contributed by atoms with E-state index in [1.807, 2.05) is 0 Å². The van der Waals surface area contributed by atoms with Crippen molar-refractivity contribution in [3.8, 4) is 0 Å². The van der Waals surface area contributed by atoms with E-state index >= 15 is 0 Å². The van der Waals surface area contributed by atoms with E-state index in [1.165, 1.54) is 12.8 Å². The van der Waals surface area contributed by atoms with E-state index in [9.17, 15) is 4.79 Å². The summed E-state index contributed by atoms with van der Waals surface area (Å²) in [6.07, 6.45) is 8.43. The van der Waals surface area contributed by atoms with Crippen molar-refractivity contribution in [2.45, 2.75) is 37.6 Å². The van der Waals surface area contributed by atoms with Crippen LogP contribution in [0.25, 0.3) is 11.2 Å². The number of nitrogens with zero attached hydrogens (tertiary/aromatic N) is 6. The predicted molar refractivity (Wildman–Crippen MR) is 102 cm³/mol. The molecule has 2 aromatic heterocycles. The van der Waals surface area contributed by atoms with Crippen molar-refractivity contribution in [2.75, 3.05) is 44.7 Å². The van der Waals surface area contributed by atoms with Crippen LogP contribution < -0.4 is 4.90 Å². The second-order valence-electron chi connectivity index (χ2n) is 8.40. The highest BCUT2D eigenvalue weighted by Crippen LogP contribution is 2.36. The standard InChI is InChI=1S/C19H27N7O/c1-24-8-9-26(18-16-17(21-12-20-16)22-13-23-18)11-19(24)5-4-15(27)25(7-6-19)10-14-2-3-14/h12-14H,2-11H2,1H3,(H,20,21,22,23)/t19-/m0/s1. The van der Waals surface area contributed by atoms with Gasteiger partial charge < -0.3 is 14.8 Å². The molecule has 5 rings (SSSR count). The molecule has 0 unspecified atom stereocenters. The number of fused-ring (bicyclic) bond motifs is 1. The second-order valence-corrected chi connectivity index (χ2v) is 8.40. The van der Waals surface area contributed by atoms with Crippen LogP contribution >= 0.6 is 0 Å². The summed E-state index contributed by atoms with van der Waals surface area (Å²) in [6, 6.07) is 0. The summed E-state index contributed by atoms with van der Waals surface area (Å²) in [7, 11) is 2.21. The number of hydrogen-bond acceptors (Lipinski definition) is 6. The number of imidazole rings is 1. The highest BCUT2D eigenvalue weighted by molar-refractivity contribution is 5.82. The Bertz CT molecular complexity index is 847. The lowest BCUT2D eigenvalue weighted by atomic mass is 9.86. The molecule has 3 aliphatic rings. The Labute approximate surface area is 159 Å². The van der Waals surface area contributed by atoms with Crippen molar-refractivity contribution in [1.29, 1.82) is 0 Å². The maximum absolute atomic E-state index is 12.7. The van der Waals surface area contributed by atoms with Crippen molar-refractivity contribution in [3.63, 3.8) is 0 Å². The van der Waals surface area contributed by atoms with Gasteiger partial charge in [-0.25, -0.2) is 15.0 Å². The third-order valence-electron chi connectivity index (χ3n) is 6.68. The van der Waals surface area contributed by atoms with E-state index in [4.69, 9.17) is 0 Å². The third-order valence-corrected chi connectivity index (χ3v) is 6.68. The van der Waals surface area contributed by atoms with Crippen LogP contribution in [0.2, 0.25) is 0 Å². The van der Waals surface area contributed by atoms with Gasteiger partial charge in [-0.2, -0.15) is 0 Å². The molecule has 0 radical (unpaired) electrons. The molecule has 0 aromatic carbocycles. The lowest BCUT2D eigenvalue weighted by Gasteiger charge is -2.49. The number of anilines is 1. The van der Waals surface area contributed by atoms with Gasteiger partial charge in [0.1, 0.15) is 11.8 Å². The molecular weight excluding hydrogens is 342 g/mol. The van der Waals surface area contributed by atoms with Crippen LogP contribution in [-0.4, -0.2) is 81.0 Å². The van der Waals surface area contributed by atoms with Crippen LogP contribution in [-0.2, 0) is 4.79 Å². The molecule has 4 heterocycles. The number of carbonyl (C=O) groups is 1. The molecule has 1 N–H and O–H groups in total. The largest absolute Gasteiger partial charge is 0.352 e. The molecule has 2 aliphatic heterocycles. The highest BCUT2D eigenvalue weighted by Gasteiger charge is 2.43. The number of likely N-dealkylation sites (N-methyl/N-ethyl adjacent to an activating group) is 1. The summed E-state index contributed by atoms with van der Waals surface area (Å²) in [6.45, 7) is 4.61. The van der Waals surface area contributed by atoms with E-state index in [2.05, 4.69) is 41.7 Å². The van der Waals surface area contributed by atoms with E-state index < -0.39 is 0 Å². The molecule has 1 aliphatic carbocycles. The highest BCUT2D eigenvalue weighted by atomic mass is 16.2. The number of H-pyrrole nitrogens is 1.